The molecule has 3 aromatic rings. The molecule has 7 heteroatoms. The van der Waals surface area contributed by atoms with Crippen LogP contribution in [0.4, 0.5) is 0 Å². The lowest BCUT2D eigenvalue weighted by Gasteiger charge is -2.28. The van der Waals surface area contributed by atoms with Crippen LogP contribution in [0.3, 0.4) is 0 Å². The van der Waals surface area contributed by atoms with Crippen LogP contribution in [0, 0.1) is 20.8 Å². The summed E-state index contributed by atoms with van der Waals surface area (Å²) in [7, 11) is 0. The molecule has 1 saturated carbocycles. The van der Waals surface area contributed by atoms with Gasteiger partial charge in [0.05, 0.1) is 5.60 Å². The number of hydrogen-bond donors (Lipinski definition) is 2. The third-order valence-corrected chi connectivity index (χ3v) is 6.33. The number of ether oxygens (including phenoxy) is 1. The predicted octanol–water partition coefficient (Wildman–Crippen LogP) is 5.66. The lowest BCUT2D eigenvalue weighted by atomic mass is 9.91. The lowest BCUT2D eigenvalue weighted by molar-refractivity contribution is -0.160. The molecule has 2 heterocycles. The van der Waals surface area contributed by atoms with Gasteiger partial charge in [-0.3, -0.25) is 0 Å². The highest BCUT2D eigenvalue weighted by molar-refractivity contribution is 6.30. The Morgan fingerprint density at radius 3 is 2.28 bits per heavy atom. The van der Waals surface area contributed by atoms with Crippen LogP contribution in [-0.4, -0.2) is 31.3 Å². The fourth-order valence-electron chi connectivity index (χ4n) is 4.40. The van der Waals surface area contributed by atoms with E-state index in [-0.39, 0.29) is 0 Å². The van der Waals surface area contributed by atoms with Crippen molar-refractivity contribution in [1.82, 2.24) is 9.55 Å². The maximum Gasteiger partial charge on any atom is 0.337 e. The summed E-state index contributed by atoms with van der Waals surface area (Å²) in [5, 5.41) is 22.6. The van der Waals surface area contributed by atoms with Crippen molar-refractivity contribution >= 4 is 28.6 Å². The van der Waals surface area contributed by atoms with Crippen LogP contribution < -0.4 is 0 Å². The van der Waals surface area contributed by atoms with Gasteiger partial charge in [-0.15, -0.1) is 0 Å². The van der Waals surface area contributed by atoms with Gasteiger partial charge in [-0.2, -0.15) is 0 Å². The summed E-state index contributed by atoms with van der Waals surface area (Å²) in [6.07, 6.45) is 0.131. The van der Waals surface area contributed by atoms with Crippen molar-refractivity contribution in [2.24, 2.45) is 0 Å². The van der Waals surface area contributed by atoms with E-state index in [4.69, 9.17) is 21.3 Å². The molecule has 2 N–H and O–H groups in total. The van der Waals surface area contributed by atoms with Gasteiger partial charge < -0.3 is 19.5 Å². The number of aryl methyl sites for hydroxylation is 2. The number of aliphatic carboxylic acids is 1. The highest BCUT2D eigenvalue weighted by Crippen LogP contribution is 2.48. The number of nitrogens with zero attached hydrogens (tertiary/aromatic N) is 2. The summed E-state index contributed by atoms with van der Waals surface area (Å²) in [6.45, 7) is 11.3. The first kappa shape index (κ1) is 22.8. The molecule has 1 fully saturated rings. The lowest BCUT2D eigenvalue weighted by Crippen LogP contribution is -2.28. The van der Waals surface area contributed by atoms with Crippen molar-refractivity contribution in [2.75, 3.05) is 0 Å². The van der Waals surface area contributed by atoms with Gasteiger partial charge in [0.1, 0.15) is 11.4 Å². The van der Waals surface area contributed by atoms with E-state index in [0.29, 0.717) is 34.8 Å². The Balaban J connectivity index is 2.13. The second kappa shape index (κ2) is 7.58. The van der Waals surface area contributed by atoms with Crippen molar-refractivity contribution in [2.45, 2.75) is 71.8 Å². The first-order valence-electron chi connectivity index (χ1n) is 10.8. The Hall–Kier alpha value is -2.41. The Labute approximate surface area is 192 Å². The average Bonchev–Trinajstić information content (AvgIpc) is 3.37. The highest BCUT2D eigenvalue weighted by atomic mass is 35.5. The van der Waals surface area contributed by atoms with Gasteiger partial charge in [-0.1, -0.05) is 23.7 Å². The van der Waals surface area contributed by atoms with Crippen LogP contribution in [0.15, 0.2) is 24.3 Å². The summed E-state index contributed by atoms with van der Waals surface area (Å²) >= 11 is 6.15. The molecule has 0 bridgehead atoms. The minimum Gasteiger partial charge on any atom is -0.479 e. The average molecular weight is 457 g/mol. The minimum absolute atomic E-state index is 0.519. The Bertz CT molecular complexity index is 1220. The zero-order valence-corrected chi connectivity index (χ0v) is 20.0. The number of halogens is 1. The molecule has 6 nitrogen and oxygen atoms in total. The van der Waals surface area contributed by atoms with Gasteiger partial charge in [0.2, 0.25) is 0 Å². The van der Waals surface area contributed by atoms with E-state index in [0.717, 1.165) is 27.8 Å². The molecular formula is C25H29ClN2O4. The van der Waals surface area contributed by atoms with E-state index in [2.05, 4.69) is 0 Å². The Morgan fingerprint density at radius 1 is 1.19 bits per heavy atom. The van der Waals surface area contributed by atoms with Crippen molar-refractivity contribution in [3.63, 3.8) is 0 Å². The molecule has 0 radical (unpaired) electrons. The van der Waals surface area contributed by atoms with Crippen LogP contribution in [0.1, 0.15) is 62.2 Å². The van der Waals surface area contributed by atoms with Crippen molar-refractivity contribution in [3.05, 3.63) is 51.8 Å². The normalized spacial score (nSPS) is 16.4. The van der Waals surface area contributed by atoms with Gasteiger partial charge in [0, 0.05) is 32.9 Å². The van der Waals surface area contributed by atoms with Gasteiger partial charge in [-0.05, 0) is 77.6 Å². The van der Waals surface area contributed by atoms with Crippen LogP contribution >= 0.6 is 11.6 Å². The van der Waals surface area contributed by atoms with Crippen LogP contribution in [0.5, 0.6) is 0 Å². The largest absolute Gasteiger partial charge is 0.479 e. The van der Waals surface area contributed by atoms with E-state index in [9.17, 15) is 15.0 Å². The zero-order valence-electron chi connectivity index (χ0n) is 19.3. The smallest absolute Gasteiger partial charge is 0.337 e. The van der Waals surface area contributed by atoms with Crippen molar-refractivity contribution in [3.8, 4) is 11.1 Å². The number of hydrogen-bond acceptors (Lipinski definition) is 4. The monoisotopic (exact) mass is 456 g/mol. The number of fused-ring (bicyclic) bond motifs is 1. The number of carboxylic acid groups (broad SMARTS) is 1. The molecule has 1 aromatic carbocycles. The van der Waals surface area contributed by atoms with E-state index < -0.39 is 23.4 Å². The highest BCUT2D eigenvalue weighted by Gasteiger charge is 2.45. The van der Waals surface area contributed by atoms with Crippen LogP contribution in [0.25, 0.3) is 22.2 Å². The summed E-state index contributed by atoms with van der Waals surface area (Å²) in [5.41, 5.74) is 3.57. The number of benzene rings is 1. The number of rotatable bonds is 5. The van der Waals surface area contributed by atoms with Crippen molar-refractivity contribution in [1.29, 1.82) is 0 Å². The third-order valence-electron chi connectivity index (χ3n) is 6.08. The fourth-order valence-corrected chi connectivity index (χ4v) is 4.52. The first-order valence-corrected chi connectivity index (χ1v) is 11.1. The molecule has 0 spiro atoms. The Kier molecular flexibility index (Phi) is 5.39. The minimum atomic E-state index is -1.20. The molecule has 1 atom stereocenters. The summed E-state index contributed by atoms with van der Waals surface area (Å²) in [5.74, 6) is -1.07. The molecule has 0 saturated heterocycles. The van der Waals surface area contributed by atoms with E-state index >= 15 is 0 Å². The second-order valence-electron chi connectivity index (χ2n) is 9.67. The van der Waals surface area contributed by atoms with Gasteiger partial charge >= 0.3 is 5.97 Å². The van der Waals surface area contributed by atoms with Gasteiger partial charge in [0.25, 0.3) is 0 Å². The molecule has 32 heavy (non-hydrogen) atoms. The second-order valence-corrected chi connectivity index (χ2v) is 10.1. The quantitative estimate of drug-likeness (QED) is 0.517. The molecule has 0 aliphatic heterocycles. The van der Waals surface area contributed by atoms with Crippen LogP contribution in [-0.2, 0) is 15.3 Å². The summed E-state index contributed by atoms with van der Waals surface area (Å²) < 4.78 is 7.93. The fraction of sp³-hybridized carbons (Fsp3) is 0.440. The third kappa shape index (κ3) is 3.81. The number of aliphatic hydroxyl groups is 1. The van der Waals surface area contributed by atoms with Crippen molar-refractivity contribution < 1.29 is 19.7 Å². The molecule has 4 rings (SSSR count). The molecule has 0 unspecified atom stereocenters. The molecular weight excluding hydrogens is 428 g/mol. The number of aromatic nitrogens is 2. The topological polar surface area (TPSA) is 84.6 Å². The summed E-state index contributed by atoms with van der Waals surface area (Å²) in [4.78, 5) is 17.2. The molecule has 170 valence electrons. The predicted molar refractivity (Wildman–Crippen MR) is 125 cm³/mol. The number of pyridine rings is 1. The van der Waals surface area contributed by atoms with Gasteiger partial charge in [0.15, 0.2) is 6.10 Å². The van der Waals surface area contributed by atoms with E-state index in [1.54, 1.807) is 19.1 Å². The zero-order chi connectivity index (χ0) is 23.6. The molecule has 1 aliphatic rings. The maximum absolute atomic E-state index is 12.4. The molecule has 1 aliphatic carbocycles. The standard InChI is InChI=1S/C25H29ClN2O4/c1-13-15(3)28(25(31)11-12-25)22-18(13)20(16-7-9-17(26)10-8-16)19(14(2)27-22)21(23(29)30)32-24(4,5)6/h7-10,21,31H,11-12H2,1-6H3,(H,29,30)/t21-/m0/s1. The maximum atomic E-state index is 12.4. The van der Waals surface area contributed by atoms with Gasteiger partial charge in [-0.25, -0.2) is 9.78 Å². The summed E-state index contributed by atoms with van der Waals surface area (Å²) in [6, 6.07) is 7.34. The van der Waals surface area contributed by atoms with E-state index in [1.807, 2.05) is 51.3 Å². The first-order chi connectivity index (χ1) is 14.8. The SMILES string of the molecule is Cc1nc2c(c(C)c(C)n2C2(O)CC2)c(-c2ccc(Cl)cc2)c1[C@H](OC(C)(C)C)C(=O)O. The Morgan fingerprint density at radius 2 is 1.78 bits per heavy atom. The number of carbonyl (C=O) groups is 1. The molecule has 0 amide bonds. The van der Waals surface area contributed by atoms with E-state index in [1.165, 1.54) is 0 Å². The molecule has 2 aromatic heterocycles. The van der Waals surface area contributed by atoms with Crippen LogP contribution in [0.2, 0.25) is 5.02 Å². The number of carboxylic acids is 1.